The van der Waals surface area contributed by atoms with Gasteiger partial charge in [0.15, 0.2) is 0 Å². The van der Waals surface area contributed by atoms with Crippen molar-refractivity contribution in [1.29, 1.82) is 0 Å². The van der Waals surface area contributed by atoms with Crippen LogP contribution in [-0.2, 0) is 9.59 Å². The molecule has 1 aliphatic rings. The number of hydrogen-bond acceptors (Lipinski definition) is 5. The number of para-hydroxylation sites is 1. The minimum absolute atomic E-state index is 0.0177. The number of thiocarbonyl (C=S) groups is 1. The molecule has 0 saturated carbocycles. The van der Waals surface area contributed by atoms with Gasteiger partial charge in [-0.1, -0.05) is 54.3 Å². The van der Waals surface area contributed by atoms with Crippen LogP contribution in [0, 0.1) is 0 Å². The van der Waals surface area contributed by atoms with Crippen LogP contribution < -0.4 is 4.74 Å². The molecule has 1 aromatic carbocycles. The molecular formula is C17H17NO4S2. The van der Waals surface area contributed by atoms with Gasteiger partial charge in [-0.05, 0) is 18.6 Å². The molecule has 1 saturated heterocycles. The summed E-state index contributed by atoms with van der Waals surface area (Å²) in [5.41, 5.74) is 0.910. The Hall–Kier alpha value is -2.12. The maximum absolute atomic E-state index is 12.3. The van der Waals surface area contributed by atoms with Gasteiger partial charge in [0.1, 0.15) is 10.1 Å². The molecule has 1 N–H and O–H groups in total. The summed E-state index contributed by atoms with van der Waals surface area (Å²) in [6.45, 7) is 0.324. The summed E-state index contributed by atoms with van der Waals surface area (Å²) in [6.07, 6.45) is 5.75. The number of allylic oxidation sites excluding steroid dienone is 2. The van der Waals surface area contributed by atoms with Gasteiger partial charge in [0.25, 0.3) is 5.91 Å². The minimum atomic E-state index is -0.879. The van der Waals surface area contributed by atoms with E-state index in [1.54, 1.807) is 19.3 Å². The zero-order chi connectivity index (χ0) is 17.5. The lowest BCUT2D eigenvalue weighted by Gasteiger charge is -2.12. The number of thioether (sulfide) groups is 1. The van der Waals surface area contributed by atoms with Gasteiger partial charge in [-0.3, -0.25) is 14.5 Å². The minimum Gasteiger partial charge on any atom is -0.496 e. The van der Waals surface area contributed by atoms with Gasteiger partial charge in [-0.15, -0.1) is 0 Å². The van der Waals surface area contributed by atoms with E-state index in [4.69, 9.17) is 22.1 Å². The molecule has 0 radical (unpaired) electrons. The van der Waals surface area contributed by atoms with E-state index in [-0.39, 0.29) is 12.3 Å². The van der Waals surface area contributed by atoms with Crippen molar-refractivity contribution in [2.24, 2.45) is 0 Å². The normalized spacial score (nSPS) is 16.4. The maximum atomic E-state index is 12.3. The number of benzene rings is 1. The van der Waals surface area contributed by atoms with E-state index in [1.165, 1.54) is 16.7 Å². The van der Waals surface area contributed by atoms with Gasteiger partial charge in [-0.25, -0.2) is 0 Å². The second-order valence-electron chi connectivity index (χ2n) is 4.95. The number of carboxylic acids is 1. The van der Waals surface area contributed by atoms with E-state index in [0.29, 0.717) is 22.2 Å². The predicted molar refractivity (Wildman–Crippen MR) is 98.9 cm³/mol. The van der Waals surface area contributed by atoms with Gasteiger partial charge < -0.3 is 9.84 Å². The summed E-state index contributed by atoms with van der Waals surface area (Å²) in [5, 5.41) is 8.67. The molecule has 0 aliphatic carbocycles. The molecule has 0 atom stereocenters. The number of nitrogens with zero attached hydrogens (tertiary/aromatic N) is 1. The summed E-state index contributed by atoms with van der Waals surface area (Å²) in [4.78, 5) is 24.8. The Bertz CT molecular complexity index is 712. The lowest BCUT2D eigenvalue weighted by atomic mass is 10.2. The van der Waals surface area contributed by atoms with Crippen LogP contribution >= 0.6 is 24.0 Å². The number of ether oxygens (including phenoxy) is 1. The molecule has 0 unspecified atom stereocenters. The number of hydrogen-bond donors (Lipinski definition) is 1. The molecule has 7 heteroatoms. The Labute approximate surface area is 150 Å². The van der Waals surface area contributed by atoms with Crippen molar-refractivity contribution in [3.05, 3.63) is 46.9 Å². The van der Waals surface area contributed by atoms with E-state index in [0.717, 1.165) is 11.3 Å². The molecule has 0 aromatic heterocycles. The zero-order valence-electron chi connectivity index (χ0n) is 13.1. The van der Waals surface area contributed by atoms with E-state index in [2.05, 4.69) is 0 Å². The van der Waals surface area contributed by atoms with Crippen molar-refractivity contribution in [3.63, 3.8) is 0 Å². The molecule has 1 aromatic rings. The molecule has 1 amide bonds. The van der Waals surface area contributed by atoms with Crippen LogP contribution in [0.4, 0.5) is 0 Å². The molecule has 2 rings (SSSR count). The van der Waals surface area contributed by atoms with Crippen LogP contribution in [0.5, 0.6) is 5.75 Å². The fourth-order valence-electron chi connectivity index (χ4n) is 2.14. The number of aliphatic carboxylic acids is 1. The van der Waals surface area contributed by atoms with Crippen LogP contribution in [0.15, 0.2) is 41.3 Å². The van der Waals surface area contributed by atoms with E-state index >= 15 is 0 Å². The molecule has 1 fully saturated rings. The smallest absolute Gasteiger partial charge is 0.303 e. The number of carboxylic acid groups (broad SMARTS) is 1. The quantitative estimate of drug-likeness (QED) is 0.592. The molecule has 1 aliphatic heterocycles. The van der Waals surface area contributed by atoms with Crippen molar-refractivity contribution >= 4 is 46.3 Å². The Balaban J connectivity index is 2.03. The molecular weight excluding hydrogens is 346 g/mol. The summed E-state index contributed by atoms with van der Waals surface area (Å²) >= 11 is 6.42. The number of amides is 1. The lowest BCUT2D eigenvalue weighted by molar-refractivity contribution is -0.137. The van der Waals surface area contributed by atoms with Gasteiger partial charge in [0.05, 0.1) is 12.0 Å². The van der Waals surface area contributed by atoms with Crippen LogP contribution in [0.2, 0.25) is 0 Å². The summed E-state index contributed by atoms with van der Waals surface area (Å²) in [6, 6.07) is 7.57. The second kappa shape index (κ2) is 8.65. The van der Waals surface area contributed by atoms with Crippen molar-refractivity contribution < 1.29 is 19.4 Å². The van der Waals surface area contributed by atoms with E-state index in [9.17, 15) is 9.59 Å². The third-order valence-electron chi connectivity index (χ3n) is 3.31. The second-order valence-corrected chi connectivity index (χ2v) is 6.63. The molecule has 24 heavy (non-hydrogen) atoms. The largest absolute Gasteiger partial charge is 0.496 e. The fourth-order valence-corrected chi connectivity index (χ4v) is 3.40. The highest BCUT2D eigenvalue weighted by Crippen LogP contribution is 2.31. The van der Waals surface area contributed by atoms with Gasteiger partial charge in [0, 0.05) is 18.5 Å². The monoisotopic (exact) mass is 363 g/mol. The zero-order valence-corrected chi connectivity index (χ0v) is 14.7. The van der Waals surface area contributed by atoms with E-state index in [1.807, 2.05) is 30.3 Å². The van der Waals surface area contributed by atoms with Crippen molar-refractivity contribution in [2.45, 2.75) is 12.8 Å². The number of rotatable bonds is 7. The summed E-state index contributed by atoms with van der Waals surface area (Å²) in [5.74, 6) is -0.306. The molecule has 5 nitrogen and oxygen atoms in total. The summed E-state index contributed by atoms with van der Waals surface area (Å²) in [7, 11) is 1.61. The average molecular weight is 363 g/mol. The molecule has 0 bridgehead atoms. The Kier molecular flexibility index (Phi) is 6.57. The Morgan fingerprint density at radius 3 is 2.88 bits per heavy atom. The molecule has 126 valence electrons. The predicted octanol–water partition coefficient (Wildman–Crippen LogP) is 3.32. The Morgan fingerprint density at radius 2 is 2.17 bits per heavy atom. The average Bonchev–Trinajstić information content (AvgIpc) is 2.82. The third-order valence-corrected chi connectivity index (χ3v) is 4.70. The SMILES string of the molecule is COc1ccccc1/C=C/C=C1/SC(=S)N(CCCC(=O)O)C1=O. The van der Waals surface area contributed by atoms with Crippen molar-refractivity contribution in [2.75, 3.05) is 13.7 Å². The number of carbonyl (C=O) groups is 2. The standard InChI is InChI=1S/C17H17NO4S2/c1-22-13-8-3-2-6-12(13)7-4-9-14-16(21)18(17(23)24-14)11-5-10-15(19)20/h2-4,6-9H,5,10-11H2,1H3,(H,19,20)/b7-4+,14-9+. The van der Waals surface area contributed by atoms with Crippen LogP contribution in [0.25, 0.3) is 6.08 Å². The van der Waals surface area contributed by atoms with E-state index < -0.39 is 5.97 Å². The highest BCUT2D eigenvalue weighted by Gasteiger charge is 2.31. The first kappa shape index (κ1) is 18.2. The van der Waals surface area contributed by atoms with Gasteiger partial charge in [-0.2, -0.15) is 0 Å². The highest BCUT2D eigenvalue weighted by atomic mass is 32.2. The highest BCUT2D eigenvalue weighted by molar-refractivity contribution is 8.26. The maximum Gasteiger partial charge on any atom is 0.303 e. The third kappa shape index (κ3) is 4.69. The lowest BCUT2D eigenvalue weighted by Crippen LogP contribution is -2.29. The molecule has 0 spiro atoms. The topological polar surface area (TPSA) is 66.8 Å². The number of carbonyl (C=O) groups excluding carboxylic acids is 1. The first-order chi connectivity index (χ1) is 11.5. The first-order valence-corrected chi connectivity index (χ1v) is 8.52. The summed E-state index contributed by atoms with van der Waals surface area (Å²) < 4.78 is 5.73. The van der Waals surface area contributed by atoms with Crippen LogP contribution in [0.1, 0.15) is 18.4 Å². The first-order valence-electron chi connectivity index (χ1n) is 7.29. The van der Waals surface area contributed by atoms with Gasteiger partial charge in [0.2, 0.25) is 0 Å². The van der Waals surface area contributed by atoms with Crippen LogP contribution in [-0.4, -0.2) is 39.9 Å². The Morgan fingerprint density at radius 1 is 1.42 bits per heavy atom. The number of methoxy groups -OCH3 is 1. The molecule has 1 heterocycles. The van der Waals surface area contributed by atoms with Crippen LogP contribution in [0.3, 0.4) is 0 Å². The van der Waals surface area contributed by atoms with Crippen molar-refractivity contribution in [1.82, 2.24) is 4.90 Å². The fraction of sp³-hybridized carbons (Fsp3) is 0.235. The van der Waals surface area contributed by atoms with Crippen molar-refractivity contribution in [3.8, 4) is 5.75 Å². The van der Waals surface area contributed by atoms with Gasteiger partial charge >= 0.3 is 5.97 Å².